The van der Waals surface area contributed by atoms with Crippen molar-refractivity contribution in [3.63, 3.8) is 0 Å². The van der Waals surface area contributed by atoms with E-state index in [0.717, 1.165) is 23.6 Å². The Morgan fingerprint density at radius 1 is 1.47 bits per heavy atom. The molecule has 0 bridgehead atoms. The van der Waals surface area contributed by atoms with Crippen molar-refractivity contribution in [3.05, 3.63) is 17.8 Å². The third-order valence-electron chi connectivity index (χ3n) is 2.46. The van der Waals surface area contributed by atoms with Crippen LogP contribution in [0.5, 0.6) is 5.75 Å². The second-order valence-corrected chi connectivity index (χ2v) is 5.02. The first-order valence-electron chi connectivity index (χ1n) is 5.55. The minimum absolute atomic E-state index is 0.0849. The van der Waals surface area contributed by atoms with Gasteiger partial charge in [0.05, 0.1) is 6.10 Å². The first kappa shape index (κ1) is 12.2. The van der Waals surface area contributed by atoms with Gasteiger partial charge in [-0.3, -0.25) is 4.79 Å². The number of hydrogen-bond donors (Lipinski definition) is 0. The van der Waals surface area contributed by atoms with Gasteiger partial charge in [0, 0.05) is 14.1 Å². The maximum absolute atomic E-state index is 11.8. The summed E-state index contributed by atoms with van der Waals surface area (Å²) in [7, 11) is 3.44. The smallest absolute Gasteiger partial charge is 0.271 e. The highest BCUT2D eigenvalue weighted by atomic mass is 32.2. The molecule has 0 atom stereocenters. The number of carbonyl (C=O) groups is 1. The average Bonchev–Trinajstić information content (AvgIpc) is 3.12. The van der Waals surface area contributed by atoms with E-state index >= 15 is 0 Å². The fraction of sp³-hybridized carbons (Fsp3) is 0.500. The molecule has 1 aromatic heterocycles. The minimum atomic E-state index is -0.0849. The predicted octanol–water partition coefficient (Wildman–Crippen LogP) is 2.05. The highest BCUT2D eigenvalue weighted by Crippen LogP contribution is 2.32. The molecule has 0 spiro atoms. The zero-order valence-corrected chi connectivity index (χ0v) is 11.1. The number of carbonyl (C=O) groups excluding carboxylic acids is 1. The van der Waals surface area contributed by atoms with Crippen molar-refractivity contribution in [1.82, 2.24) is 9.88 Å². The molecular weight excluding hydrogens is 236 g/mol. The van der Waals surface area contributed by atoms with E-state index in [4.69, 9.17) is 4.74 Å². The number of thioether (sulfide) groups is 1. The number of amides is 1. The molecule has 92 valence electrons. The topological polar surface area (TPSA) is 42.4 Å². The van der Waals surface area contributed by atoms with Gasteiger partial charge in [0.25, 0.3) is 5.91 Å². The Labute approximate surface area is 105 Å². The maximum Gasteiger partial charge on any atom is 0.271 e. The lowest BCUT2D eigenvalue weighted by atomic mass is 10.3. The highest BCUT2D eigenvalue weighted by Gasteiger charge is 2.25. The molecule has 1 aliphatic carbocycles. The van der Waals surface area contributed by atoms with E-state index in [1.54, 1.807) is 20.2 Å². The molecule has 0 radical (unpaired) electrons. The van der Waals surface area contributed by atoms with Crippen LogP contribution >= 0.6 is 11.8 Å². The van der Waals surface area contributed by atoms with Crippen LogP contribution in [0.2, 0.25) is 0 Å². The van der Waals surface area contributed by atoms with Crippen LogP contribution in [0.15, 0.2) is 17.2 Å². The molecule has 1 aliphatic rings. The van der Waals surface area contributed by atoms with Crippen LogP contribution in [0.1, 0.15) is 23.3 Å². The van der Waals surface area contributed by atoms with Gasteiger partial charge in [-0.25, -0.2) is 4.98 Å². The van der Waals surface area contributed by atoms with Gasteiger partial charge >= 0.3 is 0 Å². The van der Waals surface area contributed by atoms with E-state index in [1.807, 2.05) is 12.3 Å². The molecule has 1 fully saturated rings. The number of rotatable bonds is 4. The van der Waals surface area contributed by atoms with Gasteiger partial charge in [-0.1, -0.05) is 0 Å². The van der Waals surface area contributed by atoms with Crippen molar-refractivity contribution in [2.24, 2.45) is 0 Å². The Hall–Kier alpha value is -1.23. The van der Waals surface area contributed by atoms with Gasteiger partial charge in [-0.15, -0.1) is 11.8 Å². The Morgan fingerprint density at radius 3 is 2.71 bits per heavy atom. The fourth-order valence-electron chi connectivity index (χ4n) is 1.38. The summed E-state index contributed by atoms with van der Waals surface area (Å²) in [5, 5.41) is 0.782. The Balaban J connectivity index is 2.23. The largest absolute Gasteiger partial charge is 0.488 e. The molecule has 0 aromatic carbocycles. The molecule has 0 aliphatic heterocycles. The lowest BCUT2D eigenvalue weighted by Crippen LogP contribution is -2.22. The van der Waals surface area contributed by atoms with Crippen LogP contribution < -0.4 is 4.74 Å². The van der Waals surface area contributed by atoms with Crippen LogP contribution in [0.25, 0.3) is 0 Å². The summed E-state index contributed by atoms with van der Waals surface area (Å²) in [4.78, 5) is 17.6. The van der Waals surface area contributed by atoms with Gasteiger partial charge in [0.2, 0.25) is 0 Å². The molecule has 4 nitrogen and oxygen atoms in total. The normalized spacial score (nSPS) is 14.5. The summed E-state index contributed by atoms with van der Waals surface area (Å²) in [5.74, 6) is 0.702. The van der Waals surface area contributed by atoms with Crippen molar-refractivity contribution in [1.29, 1.82) is 0 Å². The number of ether oxygens (including phenoxy) is 1. The maximum atomic E-state index is 11.8. The number of nitrogens with zero attached hydrogens (tertiary/aromatic N) is 2. The van der Waals surface area contributed by atoms with Crippen molar-refractivity contribution < 1.29 is 9.53 Å². The molecule has 17 heavy (non-hydrogen) atoms. The molecule has 1 aromatic rings. The van der Waals surface area contributed by atoms with E-state index in [1.165, 1.54) is 16.7 Å². The average molecular weight is 252 g/mol. The number of pyridine rings is 1. The predicted molar refractivity (Wildman–Crippen MR) is 67.7 cm³/mol. The van der Waals surface area contributed by atoms with Crippen LogP contribution in [0.3, 0.4) is 0 Å². The van der Waals surface area contributed by atoms with Gasteiger partial charge in [0.1, 0.15) is 10.7 Å². The molecule has 2 rings (SSSR count). The Morgan fingerprint density at radius 2 is 2.18 bits per heavy atom. The molecule has 1 amide bonds. The van der Waals surface area contributed by atoms with E-state index in [0.29, 0.717) is 11.8 Å². The zero-order chi connectivity index (χ0) is 12.4. The molecule has 0 saturated heterocycles. The number of hydrogen-bond acceptors (Lipinski definition) is 4. The molecule has 0 unspecified atom stereocenters. The lowest BCUT2D eigenvalue weighted by Gasteiger charge is -2.12. The SMILES string of the molecule is CSc1nc(C(=O)N(C)C)ccc1OC1CC1. The Bertz CT molecular complexity index is 431. The summed E-state index contributed by atoms with van der Waals surface area (Å²) in [5.41, 5.74) is 0.461. The molecule has 5 heteroatoms. The van der Waals surface area contributed by atoms with Gasteiger partial charge in [-0.05, 0) is 31.2 Å². The molecule has 1 heterocycles. The van der Waals surface area contributed by atoms with E-state index in [-0.39, 0.29) is 5.91 Å². The van der Waals surface area contributed by atoms with Crippen molar-refractivity contribution >= 4 is 17.7 Å². The van der Waals surface area contributed by atoms with Gasteiger partial charge in [0.15, 0.2) is 5.75 Å². The van der Waals surface area contributed by atoms with E-state index < -0.39 is 0 Å². The quantitative estimate of drug-likeness (QED) is 0.769. The van der Waals surface area contributed by atoms with Gasteiger partial charge in [-0.2, -0.15) is 0 Å². The standard InChI is InChI=1S/C12H16N2O2S/c1-14(2)12(15)9-6-7-10(11(13-9)17-3)16-8-4-5-8/h6-8H,4-5H2,1-3H3. The second kappa shape index (κ2) is 4.96. The summed E-state index contributed by atoms with van der Waals surface area (Å²) in [6, 6.07) is 3.56. The Kier molecular flexibility index (Phi) is 3.57. The van der Waals surface area contributed by atoms with Crippen LogP contribution in [0, 0.1) is 0 Å². The first-order valence-corrected chi connectivity index (χ1v) is 6.77. The monoisotopic (exact) mass is 252 g/mol. The third-order valence-corrected chi connectivity index (χ3v) is 3.14. The zero-order valence-electron chi connectivity index (χ0n) is 10.3. The minimum Gasteiger partial charge on any atom is -0.488 e. The molecular formula is C12H16N2O2S. The van der Waals surface area contributed by atoms with E-state index in [9.17, 15) is 4.79 Å². The van der Waals surface area contributed by atoms with Crippen LogP contribution in [-0.4, -0.2) is 42.2 Å². The second-order valence-electron chi connectivity index (χ2n) is 4.22. The van der Waals surface area contributed by atoms with Crippen molar-refractivity contribution in [3.8, 4) is 5.75 Å². The summed E-state index contributed by atoms with van der Waals surface area (Å²) in [6.07, 6.45) is 4.52. The molecule has 0 N–H and O–H groups in total. The first-order chi connectivity index (χ1) is 8.11. The van der Waals surface area contributed by atoms with Crippen LogP contribution in [-0.2, 0) is 0 Å². The highest BCUT2D eigenvalue weighted by molar-refractivity contribution is 7.98. The summed E-state index contributed by atoms with van der Waals surface area (Å²) >= 11 is 1.50. The lowest BCUT2D eigenvalue weighted by molar-refractivity contribution is 0.0821. The van der Waals surface area contributed by atoms with Crippen molar-refractivity contribution in [2.75, 3.05) is 20.4 Å². The number of aromatic nitrogens is 1. The fourth-order valence-corrected chi connectivity index (χ4v) is 1.88. The van der Waals surface area contributed by atoms with Gasteiger partial charge < -0.3 is 9.64 Å². The summed E-state index contributed by atoms with van der Waals surface area (Å²) < 4.78 is 5.73. The van der Waals surface area contributed by atoms with Crippen molar-refractivity contribution in [2.45, 2.75) is 24.0 Å². The summed E-state index contributed by atoms with van der Waals surface area (Å²) in [6.45, 7) is 0. The van der Waals surface area contributed by atoms with Crippen LogP contribution in [0.4, 0.5) is 0 Å². The third kappa shape index (κ3) is 2.91. The van der Waals surface area contributed by atoms with E-state index in [2.05, 4.69) is 4.98 Å². The molecule has 1 saturated carbocycles.